The Morgan fingerprint density at radius 3 is 2.32 bits per heavy atom. The molecule has 0 aliphatic carbocycles. The summed E-state index contributed by atoms with van der Waals surface area (Å²) in [6.45, 7) is 5.22. The van der Waals surface area contributed by atoms with E-state index in [0.717, 1.165) is 22.3 Å². The lowest BCUT2D eigenvalue weighted by molar-refractivity contribution is -0.384. The Labute approximate surface area is 197 Å². The van der Waals surface area contributed by atoms with Crippen LogP contribution in [0.5, 0.6) is 0 Å². The normalized spacial score (nSPS) is 11.4. The van der Waals surface area contributed by atoms with Crippen molar-refractivity contribution in [3.63, 3.8) is 0 Å². The predicted octanol–water partition coefficient (Wildman–Crippen LogP) is 3.87. The highest BCUT2D eigenvalue weighted by Gasteiger charge is 2.31. The Morgan fingerprint density at radius 2 is 1.65 bits per heavy atom. The molecule has 9 nitrogen and oxygen atoms in total. The fraction of sp³-hybridized carbons (Fsp3) is 0.167. The zero-order chi connectivity index (χ0) is 24.9. The molecular weight excluding hydrogens is 456 g/mol. The van der Waals surface area contributed by atoms with Gasteiger partial charge >= 0.3 is 0 Å². The van der Waals surface area contributed by atoms with Crippen molar-refractivity contribution in [1.82, 2.24) is 5.43 Å². The van der Waals surface area contributed by atoms with Crippen LogP contribution in [0.4, 0.5) is 11.4 Å². The van der Waals surface area contributed by atoms with Crippen LogP contribution in [0, 0.1) is 30.9 Å². The third kappa shape index (κ3) is 5.29. The molecule has 0 spiro atoms. The van der Waals surface area contributed by atoms with Crippen LogP contribution in [0.3, 0.4) is 0 Å². The first-order chi connectivity index (χ1) is 16.1. The van der Waals surface area contributed by atoms with Gasteiger partial charge in [0, 0.05) is 6.07 Å². The number of nitrogens with zero attached hydrogens (tertiary/aromatic N) is 3. The molecule has 0 radical (unpaired) electrons. The standard InChI is InChI=1S/C24H24N4O5S/c1-17-13-14-20(19(3)18(17)2)15-25-26-24(29)16-27(22-11-7-8-12-23(22)28(30)31)34(32,33)21-9-5-4-6-10-21/h4-15H,16H2,1-3H3,(H,26,29)/b25-15+. The van der Waals surface area contributed by atoms with Crippen LogP contribution in [-0.2, 0) is 14.8 Å². The molecular formula is C24H24N4O5S. The van der Waals surface area contributed by atoms with Gasteiger partial charge in [-0.2, -0.15) is 5.10 Å². The van der Waals surface area contributed by atoms with Gasteiger partial charge in [0.2, 0.25) is 0 Å². The highest BCUT2D eigenvalue weighted by atomic mass is 32.2. The number of nitro groups is 1. The number of carbonyl (C=O) groups is 1. The van der Waals surface area contributed by atoms with E-state index < -0.39 is 33.1 Å². The largest absolute Gasteiger partial charge is 0.293 e. The fourth-order valence-electron chi connectivity index (χ4n) is 3.31. The number of hydrogen-bond acceptors (Lipinski definition) is 6. The number of sulfonamides is 1. The molecule has 1 amide bonds. The molecule has 0 aliphatic rings. The zero-order valence-corrected chi connectivity index (χ0v) is 19.7. The summed E-state index contributed by atoms with van der Waals surface area (Å²) in [5, 5.41) is 15.5. The molecule has 176 valence electrons. The number of hydrazone groups is 1. The van der Waals surface area contributed by atoms with Crippen molar-refractivity contribution in [2.45, 2.75) is 25.7 Å². The molecule has 0 aromatic heterocycles. The van der Waals surface area contributed by atoms with Crippen LogP contribution in [-0.4, -0.2) is 32.0 Å². The minimum absolute atomic E-state index is 0.102. The molecule has 10 heteroatoms. The van der Waals surface area contributed by atoms with E-state index in [2.05, 4.69) is 10.5 Å². The zero-order valence-electron chi connectivity index (χ0n) is 18.9. The predicted molar refractivity (Wildman–Crippen MR) is 130 cm³/mol. The minimum Gasteiger partial charge on any atom is -0.271 e. The minimum atomic E-state index is -4.28. The quantitative estimate of drug-likeness (QED) is 0.298. The molecule has 3 aromatic rings. The average molecular weight is 481 g/mol. The number of rotatable bonds is 8. The molecule has 0 saturated heterocycles. The van der Waals surface area contributed by atoms with Gasteiger partial charge in [0.15, 0.2) is 0 Å². The van der Waals surface area contributed by atoms with Crippen molar-refractivity contribution >= 4 is 33.5 Å². The van der Waals surface area contributed by atoms with Gasteiger partial charge in [-0.25, -0.2) is 18.1 Å². The molecule has 0 unspecified atom stereocenters. The van der Waals surface area contributed by atoms with Crippen LogP contribution in [0.1, 0.15) is 22.3 Å². The van der Waals surface area contributed by atoms with Gasteiger partial charge in [-0.3, -0.25) is 14.9 Å². The molecule has 0 heterocycles. The Bertz CT molecular complexity index is 1360. The van der Waals surface area contributed by atoms with E-state index in [0.29, 0.717) is 4.31 Å². The topological polar surface area (TPSA) is 122 Å². The van der Waals surface area contributed by atoms with Crippen LogP contribution in [0.2, 0.25) is 0 Å². The van der Waals surface area contributed by atoms with Crippen molar-refractivity contribution in [3.05, 3.63) is 99.1 Å². The summed E-state index contributed by atoms with van der Waals surface area (Å²) in [5.41, 5.74) is 5.70. The molecule has 0 saturated carbocycles. The maximum Gasteiger partial charge on any atom is 0.293 e. The lowest BCUT2D eigenvalue weighted by atomic mass is 10.00. The second-order valence-corrected chi connectivity index (χ2v) is 9.45. The highest BCUT2D eigenvalue weighted by Crippen LogP contribution is 2.31. The fourth-order valence-corrected chi connectivity index (χ4v) is 4.76. The number of amides is 1. The van der Waals surface area contributed by atoms with E-state index in [-0.39, 0.29) is 10.6 Å². The maximum absolute atomic E-state index is 13.3. The molecule has 3 aromatic carbocycles. The van der Waals surface area contributed by atoms with Crippen molar-refractivity contribution in [2.24, 2.45) is 5.10 Å². The van der Waals surface area contributed by atoms with Gasteiger partial charge in [-0.1, -0.05) is 42.5 Å². The van der Waals surface area contributed by atoms with E-state index in [1.165, 1.54) is 54.7 Å². The van der Waals surface area contributed by atoms with Crippen LogP contribution in [0.25, 0.3) is 0 Å². The van der Waals surface area contributed by atoms with Gasteiger partial charge in [-0.05, 0) is 61.2 Å². The molecule has 1 N–H and O–H groups in total. The van der Waals surface area contributed by atoms with Gasteiger partial charge in [-0.15, -0.1) is 0 Å². The summed E-state index contributed by atoms with van der Waals surface area (Å²) >= 11 is 0. The lowest BCUT2D eigenvalue weighted by Gasteiger charge is -2.23. The van der Waals surface area contributed by atoms with Crippen LogP contribution < -0.4 is 9.73 Å². The first-order valence-electron chi connectivity index (χ1n) is 10.3. The number of nitro benzene ring substituents is 1. The number of benzene rings is 3. The van der Waals surface area contributed by atoms with Gasteiger partial charge in [0.1, 0.15) is 12.2 Å². The Balaban J connectivity index is 1.92. The monoisotopic (exact) mass is 480 g/mol. The maximum atomic E-state index is 13.3. The molecule has 0 bridgehead atoms. The summed E-state index contributed by atoms with van der Waals surface area (Å²) < 4.78 is 27.4. The summed E-state index contributed by atoms with van der Waals surface area (Å²) in [5.74, 6) is -0.754. The highest BCUT2D eigenvalue weighted by molar-refractivity contribution is 7.92. The summed E-state index contributed by atoms with van der Waals surface area (Å²) in [6.07, 6.45) is 1.47. The number of aryl methyl sites for hydroxylation is 1. The second kappa shape index (κ2) is 10.3. The van der Waals surface area contributed by atoms with Crippen LogP contribution >= 0.6 is 0 Å². The molecule has 0 aliphatic heterocycles. The van der Waals surface area contributed by atoms with Crippen molar-refractivity contribution in [3.8, 4) is 0 Å². The van der Waals surface area contributed by atoms with Gasteiger partial charge < -0.3 is 0 Å². The Morgan fingerprint density at radius 1 is 1.00 bits per heavy atom. The average Bonchev–Trinajstić information content (AvgIpc) is 2.83. The smallest absolute Gasteiger partial charge is 0.271 e. The summed E-state index contributed by atoms with van der Waals surface area (Å²) in [7, 11) is -4.28. The van der Waals surface area contributed by atoms with E-state index in [1.54, 1.807) is 6.07 Å². The number of hydrogen-bond donors (Lipinski definition) is 1. The molecule has 0 fully saturated rings. The molecule has 0 atom stereocenters. The van der Waals surface area contributed by atoms with E-state index in [4.69, 9.17) is 0 Å². The number of carbonyl (C=O) groups excluding carboxylic acids is 1. The Hall–Kier alpha value is -4.05. The van der Waals surface area contributed by atoms with E-state index in [9.17, 15) is 23.3 Å². The first-order valence-corrected chi connectivity index (χ1v) is 11.8. The van der Waals surface area contributed by atoms with Gasteiger partial charge in [0.05, 0.1) is 16.0 Å². The number of nitrogens with one attached hydrogen (secondary N) is 1. The van der Waals surface area contributed by atoms with Crippen molar-refractivity contribution < 1.29 is 18.1 Å². The summed E-state index contributed by atoms with van der Waals surface area (Å²) in [6, 6.07) is 16.6. The Kier molecular flexibility index (Phi) is 7.42. The van der Waals surface area contributed by atoms with Crippen molar-refractivity contribution in [2.75, 3.05) is 10.8 Å². The van der Waals surface area contributed by atoms with Crippen molar-refractivity contribution in [1.29, 1.82) is 0 Å². The third-order valence-electron chi connectivity index (χ3n) is 5.46. The van der Waals surface area contributed by atoms with Crippen LogP contribution in [0.15, 0.2) is 76.7 Å². The number of para-hydroxylation sites is 2. The molecule has 3 rings (SSSR count). The van der Waals surface area contributed by atoms with E-state index >= 15 is 0 Å². The summed E-state index contributed by atoms with van der Waals surface area (Å²) in [4.78, 5) is 23.4. The lowest BCUT2D eigenvalue weighted by Crippen LogP contribution is -2.39. The number of anilines is 1. The van der Waals surface area contributed by atoms with Gasteiger partial charge in [0.25, 0.3) is 21.6 Å². The second-order valence-electron chi connectivity index (χ2n) is 7.59. The third-order valence-corrected chi connectivity index (χ3v) is 7.23. The molecule has 34 heavy (non-hydrogen) atoms. The first kappa shape index (κ1) is 24.6. The SMILES string of the molecule is Cc1ccc(/C=N/NC(=O)CN(c2ccccc2[N+](=O)[O-])S(=O)(=O)c2ccccc2)c(C)c1C. The van der Waals surface area contributed by atoms with E-state index in [1.807, 2.05) is 32.9 Å².